The third-order valence-electron chi connectivity index (χ3n) is 1.13. The highest BCUT2D eigenvalue weighted by molar-refractivity contribution is 7.86. The van der Waals surface area contributed by atoms with Crippen LogP contribution in [0.5, 0.6) is 0 Å². The molecular weight excluding hydrogens is 350 g/mol. The van der Waals surface area contributed by atoms with E-state index in [1.54, 1.807) is 11.0 Å². The maximum absolute atomic E-state index is 10.7. The molecule has 12 heteroatoms. The monoisotopic (exact) mass is 351 g/mol. The summed E-state index contributed by atoms with van der Waals surface area (Å²) in [5.41, 5.74) is -5.65. The van der Waals surface area contributed by atoms with Crippen molar-refractivity contribution in [2.75, 3.05) is 0 Å². The van der Waals surface area contributed by atoms with Crippen LogP contribution in [0.15, 0.2) is 0 Å². The van der Waals surface area contributed by atoms with E-state index in [-0.39, 0.29) is 0 Å². The Morgan fingerprint density at radius 3 is 1.71 bits per heavy atom. The van der Waals surface area contributed by atoms with Crippen LogP contribution in [-0.4, -0.2) is 18.5 Å². The molecule has 0 amide bonds. The molecule has 0 atom stereocenters. The molecule has 0 aromatic carbocycles. The van der Waals surface area contributed by atoms with Crippen LogP contribution in [0.1, 0.15) is 0 Å². The van der Waals surface area contributed by atoms with Crippen LogP contribution in [0, 0.1) is 0 Å². The number of halogens is 6. The van der Waals surface area contributed by atoms with Crippen molar-refractivity contribution >= 4 is 56.5 Å². The van der Waals surface area contributed by atoms with Crippen LogP contribution in [-0.2, 0) is 17.2 Å². The van der Waals surface area contributed by atoms with Crippen molar-refractivity contribution in [1.82, 2.24) is 0 Å². The SMILES string of the molecule is C[n+]1sc(Cl)c(Cl)c1Cl.O=S(=O)([O-])C(F)(F)F. The summed E-state index contributed by atoms with van der Waals surface area (Å²) in [6, 6.07) is 0. The van der Waals surface area contributed by atoms with Gasteiger partial charge in [0.15, 0.2) is 38.1 Å². The quantitative estimate of drug-likeness (QED) is 0.410. The minimum Gasteiger partial charge on any atom is -0.741 e. The summed E-state index contributed by atoms with van der Waals surface area (Å²) in [7, 11) is -4.29. The van der Waals surface area contributed by atoms with Crippen LogP contribution in [0.25, 0.3) is 0 Å². The zero-order valence-corrected chi connectivity index (χ0v) is 11.7. The van der Waals surface area contributed by atoms with Crippen molar-refractivity contribution < 1.29 is 30.1 Å². The van der Waals surface area contributed by atoms with E-state index in [1.165, 1.54) is 11.5 Å². The Bertz CT molecular complexity index is 476. The number of hydrogen-bond acceptors (Lipinski definition) is 4. The molecule has 0 aliphatic carbocycles. The number of aromatic nitrogens is 1. The fraction of sp³-hybridized carbons (Fsp3) is 0.400. The number of nitrogens with zero attached hydrogens (tertiary/aromatic N) is 1. The first-order valence-corrected chi connectivity index (χ1v) is 6.71. The average molecular weight is 353 g/mol. The molecule has 4 nitrogen and oxygen atoms in total. The lowest BCUT2D eigenvalue weighted by molar-refractivity contribution is -0.598. The van der Waals surface area contributed by atoms with Crippen LogP contribution in [0.2, 0.25) is 14.5 Å². The number of hydrogen-bond donors (Lipinski definition) is 0. The molecule has 0 radical (unpaired) electrons. The second-order valence-electron chi connectivity index (χ2n) is 2.37. The van der Waals surface area contributed by atoms with Gasteiger partial charge in [-0.15, -0.1) is 3.96 Å². The normalized spacial score (nSPS) is 12.0. The first-order chi connectivity index (χ1) is 7.38. The van der Waals surface area contributed by atoms with Crippen LogP contribution < -0.4 is 3.96 Å². The number of aryl methyl sites for hydroxylation is 1. The molecular formula is C5H3Cl3F3NO3S2. The number of rotatable bonds is 0. The van der Waals surface area contributed by atoms with Crippen molar-refractivity contribution in [1.29, 1.82) is 0 Å². The predicted octanol–water partition coefficient (Wildman–Crippen LogP) is 2.58. The van der Waals surface area contributed by atoms with Crippen molar-refractivity contribution in [2.45, 2.75) is 5.51 Å². The molecule has 1 aromatic heterocycles. The second kappa shape index (κ2) is 5.89. The maximum Gasteiger partial charge on any atom is 0.485 e. The van der Waals surface area contributed by atoms with Crippen molar-refractivity contribution in [2.24, 2.45) is 7.05 Å². The molecule has 0 aliphatic heterocycles. The lowest BCUT2D eigenvalue weighted by atomic mass is 10.7. The summed E-state index contributed by atoms with van der Waals surface area (Å²) in [5, 5.41) is 0.928. The molecule has 1 rings (SSSR count). The third kappa shape index (κ3) is 5.14. The van der Waals surface area contributed by atoms with Gasteiger partial charge in [-0.05, 0) is 11.6 Å². The van der Waals surface area contributed by atoms with Gasteiger partial charge in [-0.1, -0.05) is 23.2 Å². The van der Waals surface area contributed by atoms with Crippen molar-refractivity contribution in [3.8, 4) is 0 Å². The number of alkyl halides is 3. The molecule has 0 N–H and O–H groups in total. The lowest BCUT2D eigenvalue weighted by Crippen LogP contribution is -2.21. The van der Waals surface area contributed by atoms with E-state index in [4.69, 9.17) is 47.8 Å². The summed E-state index contributed by atoms with van der Waals surface area (Å²) >= 11 is 18.2. The minimum absolute atomic E-state index is 0.436. The second-order valence-corrected chi connectivity index (χ2v) is 6.21. The Morgan fingerprint density at radius 1 is 1.29 bits per heavy atom. The van der Waals surface area contributed by atoms with Gasteiger partial charge in [0.1, 0.15) is 0 Å². The molecule has 0 aliphatic rings. The highest BCUT2D eigenvalue weighted by Crippen LogP contribution is 2.30. The highest BCUT2D eigenvalue weighted by atomic mass is 35.5. The van der Waals surface area contributed by atoms with Gasteiger partial charge in [0.25, 0.3) is 0 Å². The van der Waals surface area contributed by atoms with E-state index in [2.05, 4.69) is 0 Å². The molecule has 0 bridgehead atoms. The molecule has 0 saturated heterocycles. The van der Waals surface area contributed by atoms with Gasteiger partial charge >= 0.3 is 10.7 Å². The van der Waals surface area contributed by atoms with E-state index < -0.39 is 15.6 Å². The molecule has 1 heterocycles. The molecule has 0 fully saturated rings. The predicted molar refractivity (Wildman–Crippen MR) is 56.3 cm³/mol. The minimum atomic E-state index is -6.09. The van der Waals surface area contributed by atoms with E-state index >= 15 is 0 Å². The van der Waals surface area contributed by atoms with Gasteiger partial charge in [0.2, 0.25) is 0 Å². The zero-order valence-electron chi connectivity index (χ0n) is 7.76. The smallest absolute Gasteiger partial charge is 0.485 e. The maximum atomic E-state index is 10.7. The molecule has 0 unspecified atom stereocenters. The summed E-state index contributed by atoms with van der Waals surface area (Å²) in [4.78, 5) is 0. The topological polar surface area (TPSA) is 61.1 Å². The van der Waals surface area contributed by atoms with Crippen LogP contribution >= 0.6 is 46.3 Å². The van der Waals surface area contributed by atoms with Crippen molar-refractivity contribution in [3.63, 3.8) is 0 Å². The van der Waals surface area contributed by atoms with E-state index in [0.29, 0.717) is 14.5 Å². The van der Waals surface area contributed by atoms with Crippen LogP contribution in [0.3, 0.4) is 0 Å². The summed E-state index contributed by atoms with van der Waals surface area (Å²) in [5.74, 6) is 0. The summed E-state index contributed by atoms with van der Waals surface area (Å²) in [6.45, 7) is 0. The highest BCUT2D eigenvalue weighted by Gasteiger charge is 2.36. The van der Waals surface area contributed by atoms with E-state index in [0.717, 1.165) is 0 Å². The summed E-state index contributed by atoms with van der Waals surface area (Å²) in [6.07, 6.45) is 0. The van der Waals surface area contributed by atoms with E-state index in [1.807, 2.05) is 0 Å². The first kappa shape index (κ1) is 17.2. The van der Waals surface area contributed by atoms with Gasteiger partial charge in [0.05, 0.1) is 0 Å². The third-order valence-corrected chi connectivity index (χ3v) is 4.13. The van der Waals surface area contributed by atoms with Gasteiger partial charge in [-0.25, -0.2) is 8.42 Å². The van der Waals surface area contributed by atoms with Crippen molar-refractivity contribution in [3.05, 3.63) is 14.5 Å². The standard InChI is InChI=1S/C4H3Cl3NS.CHF3O3S/c1-8-3(6)2(5)4(7)9-8;2-1(3,4)8(5,6)7/h1H3;(H,5,6,7)/q+1;/p-1. The largest absolute Gasteiger partial charge is 0.741 e. The van der Waals surface area contributed by atoms with Crippen LogP contribution in [0.4, 0.5) is 13.2 Å². The summed E-state index contributed by atoms with van der Waals surface area (Å²) < 4.78 is 61.1. The first-order valence-electron chi connectivity index (χ1n) is 3.40. The molecule has 1 aromatic rings. The van der Waals surface area contributed by atoms with Gasteiger partial charge in [-0.2, -0.15) is 13.2 Å². The fourth-order valence-corrected chi connectivity index (χ4v) is 1.99. The molecule has 0 spiro atoms. The van der Waals surface area contributed by atoms with Gasteiger partial charge < -0.3 is 4.55 Å². The molecule has 0 saturated carbocycles. The Morgan fingerprint density at radius 2 is 1.65 bits per heavy atom. The Kier molecular flexibility index (Phi) is 5.96. The average Bonchev–Trinajstić information content (AvgIpc) is 2.31. The van der Waals surface area contributed by atoms with Gasteiger partial charge in [0, 0.05) is 0 Å². The fourth-order valence-electron chi connectivity index (χ4n) is 0.420. The van der Waals surface area contributed by atoms with Gasteiger partial charge in [-0.3, -0.25) is 0 Å². The molecule has 100 valence electrons. The Balaban J connectivity index is 0.000000304. The Hall–Kier alpha value is 0.200. The Labute approximate surface area is 113 Å². The van der Waals surface area contributed by atoms with E-state index in [9.17, 15) is 13.2 Å². The zero-order chi connectivity index (χ0) is 14.0. The lowest BCUT2D eigenvalue weighted by Gasteiger charge is -2.08. The molecule has 17 heavy (non-hydrogen) atoms.